The van der Waals surface area contributed by atoms with Gasteiger partial charge in [0.15, 0.2) is 0 Å². The molecule has 0 radical (unpaired) electrons. The lowest BCUT2D eigenvalue weighted by Crippen LogP contribution is -2.28. The van der Waals surface area contributed by atoms with E-state index in [0.717, 1.165) is 36.6 Å². The second-order valence-corrected chi connectivity index (χ2v) is 5.30. The van der Waals surface area contributed by atoms with Crippen LogP contribution in [-0.4, -0.2) is 17.9 Å². The molecular formula is C16H16ClNO2. The first-order chi connectivity index (χ1) is 9.72. The molecule has 0 aromatic heterocycles. The lowest BCUT2D eigenvalue weighted by atomic mass is 10.2. The van der Waals surface area contributed by atoms with Gasteiger partial charge in [0.1, 0.15) is 17.7 Å². The highest BCUT2D eigenvalue weighted by atomic mass is 35.5. The largest absolute Gasteiger partial charge is 0.457 e. The van der Waals surface area contributed by atoms with E-state index >= 15 is 0 Å². The Morgan fingerprint density at radius 1 is 1.00 bits per heavy atom. The summed E-state index contributed by atoms with van der Waals surface area (Å²) in [6.45, 7) is 0.901. The summed E-state index contributed by atoms with van der Waals surface area (Å²) in [7, 11) is 0. The summed E-state index contributed by atoms with van der Waals surface area (Å²) in [6.07, 6.45) is 1.51. The van der Waals surface area contributed by atoms with E-state index in [1.165, 1.54) is 0 Å². The summed E-state index contributed by atoms with van der Waals surface area (Å²) in [4.78, 5) is 2.01. The van der Waals surface area contributed by atoms with Crippen LogP contribution in [0.1, 0.15) is 12.8 Å². The van der Waals surface area contributed by atoms with Gasteiger partial charge < -0.3 is 14.7 Å². The predicted octanol–water partition coefficient (Wildman–Crippen LogP) is 4.05. The highest BCUT2D eigenvalue weighted by Gasteiger charge is 2.21. The van der Waals surface area contributed by atoms with Gasteiger partial charge in [0.05, 0.1) is 0 Å². The molecule has 0 amide bonds. The predicted molar refractivity (Wildman–Crippen MR) is 80.6 cm³/mol. The zero-order chi connectivity index (χ0) is 13.9. The minimum atomic E-state index is -0.363. The van der Waals surface area contributed by atoms with E-state index in [0.29, 0.717) is 5.02 Å². The summed E-state index contributed by atoms with van der Waals surface area (Å²) in [5, 5.41) is 10.5. The van der Waals surface area contributed by atoms with E-state index in [1.54, 1.807) is 12.1 Å². The Labute approximate surface area is 123 Å². The Morgan fingerprint density at radius 2 is 1.60 bits per heavy atom. The molecule has 2 aromatic rings. The molecule has 0 aliphatic carbocycles. The molecule has 0 spiro atoms. The smallest absolute Gasteiger partial charge is 0.127 e. The third-order valence-corrected chi connectivity index (χ3v) is 3.69. The molecule has 1 aliphatic rings. The molecule has 1 N–H and O–H groups in total. The normalized spacial score (nSPS) is 18.3. The number of hydrogen-bond acceptors (Lipinski definition) is 3. The van der Waals surface area contributed by atoms with Crippen molar-refractivity contribution in [2.75, 3.05) is 11.4 Å². The number of halogens is 1. The van der Waals surface area contributed by atoms with Crippen LogP contribution in [0.25, 0.3) is 0 Å². The van der Waals surface area contributed by atoms with Gasteiger partial charge in [0.2, 0.25) is 0 Å². The van der Waals surface area contributed by atoms with Crippen LogP contribution in [0.2, 0.25) is 5.02 Å². The van der Waals surface area contributed by atoms with Crippen molar-refractivity contribution in [2.45, 2.75) is 19.1 Å². The van der Waals surface area contributed by atoms with Crippen LogP contribution < -0.4 is 9.64 Å². The quantitative estimate of drug-likeness (QED) is 0.925. The first-order valence-corrected chi connectivity index (χ1v) is 7.08. The summed E-state index contributed by atoms with van der Waals surface area (Å²) in [5.74, 6) is 1.52. The van der Waals surface area contributed by atoms with Gasteiger partial charge in [-0.25, -0.2) is 0 Å². The van der Waals surface area contributed by atoms with E-state index < -0.39 is 0 Å². The van der Waals surface area contributed by atoms with Gasteiger partial charge in [0.25, 0.3) is 0 Å². The zero-order valence-corrected chi connectivity index (χ0v) is 11.8. The lowest BCUT2D eigenvalue weighted by molar-refractivity contribution is 0.185. The minimum Gasteiger partial charge on any atom is -0.457 e. The minimum absolute atomic E-state index is 0.363. The maximum atomic E-state index is 9.86. The maximum absolute atomic E-state index is 9.86. The molecule has 104 valence electrons. The van der Waals surface area contributed by atoms with Gasteiger partial charge in [-0.3, -0.25) is 0 Å². The average Bonchev–Trinajstić information content (AvgIpc) is 2.89. The number of nitrogens with zero attached hydrogens (tertiary/aromatic N) is 1. The number of aliphatic hydroxyl groups excluding tert-OH is 1. The molecule has 20 heavy (non-hydrogen) atoms. The van der Waals surface area contributed by atoms with Crippen molar-refractivity contribution in [2.24, 2.45) is 0 Å². The van der Waals surface area contributed by atoms with E-state index in [4.69, 9.17) is 16.3 Å². The first kappa shape index (κ1) is 13.3. The molecule has 1 saturated heterocycles. The van der Waals surface area contributed by atoms with Gasteiger partial charge in [-0.05, 0) is 61.4 Å². The van der Waals surface area contributed by atoms with Crippen molar-refractivity contribution in [3.05, 3.63) is 53.6 Å². The highest BCUT2D eigenvalue weighted by Crippen LogP contribution is 2.28. The number of rotatable bonds is 3. The Morgan fingerprint density at radius 3 is 2.15 bits per heavy atom. The standard InChI is InChI=1S/C16H16ClNO2/c17-12-3-7-14(8-4-12)20-15-9-5-13(6-10-15)18-11-1-2-16(18)19/h3-10,16,19H,1-2,11H2. The fraction of sp³-hybridized carbons (Fsp3) is 0.250. The van der Waals surface area contributed by atoms with Crippen molar-refractivity contribution in [3.63, 3.8) is 0 Å². The molecule has 4 heteroatoms. The Hall–Kier alpha value is -1.71. The van der Waals surface area contributed by atoms with Crippen molar-refractivity contribution in [1.82, 2.24) is 0 Å². The SMILES string of the molecule is OC1CCCN1c1ccc(Oc2ccc(Cl)cc2)cc1. The Balaban J connectivity index is 1.71. The molecule has 1 unspecified atom stereocenters. The zero-order valence-electron chi connectivity index (χ0n) is 11.0. The molecule has 1 heterocycles. The monoisotopic (exact) mass is 289 g/mol. The van der Waals surface area contributed by atoms with Crippen LogP contribution in [0, 0.1) is 0 Å². The molecule has 0 saturated carbocycles. The fourth-order valence-corrected chi connectivity index (χ4v) is 2.52. The molecule has 1 atom stereocenters. The van der Waals surface area contributed by atoms with Crippen LogP contribution in [0.5, 0.6) is 11.5 Å². The topological polar surface area (TPSA) is 32.7 Å². The van der Waals surface area contributed by atoms with Gasteiger partial charge in [-0.1, -0.05) is 11.6 Å². The number of ether oxygens (including phenoxy) is 1. The van der Waals surface area contributed by atoms with Gasteiger partial charge in [-0.2, -0.15) is 0 Å². The van der Waals surface area contributed by atoms with Gasteiger partial charge in [0, 0.05) is 17.3 Å². The molecule has 3 nitrogen and oxygen atoms in total. The average molecular weight is 290 g/mol. The van der Waals surface area contributed by atoms with Crippen molar-refractivity contribution >= 4 is 17.3 Å². The van der Waals surface area contributed by atoms with Crippen molar-refractivity contribution in [3.8, 4) is 11.5 Å². The van der Waals surface area contributed by atoms with Crippen molar-refractivity contribution < 1.29 is 9.84 Å². The van der Waals surface area contributed by atoms with Crippen molar-refractivity contribution in [1.29, 1.82) is 0 Å². The van der Waals surface area contributed by atoms with Crippen LogP contribution in [-0.2, 0) is 0 Å². The van der Waals surface area contributed by atoms with Crippen LogP contribution in [0.3, 0.4) is 0 Å². The summed E-state index contributed by atoms with van der Waals surface area (Å²) < 4.78 is 5.74. The molecule has 2 aromatic carbocycles. The number of hydrogen-bond donors (Lipinski definition) is 1. The van der Waals surface area contributed by atoms with E-state index in [9.17, 15) is 5.11 Å². The Kier molecular flexibility index (Phi) is 3.81. The van der Waals surface area contributed by atoms with E-state index in [2.05, 4.69) is 0 Å². The third kappa shape index (κ3) is 2.89. The number of benzene rings is 2. The molecule has 0 bridgehead atoms. The number of anilines is 1. The molecule has 1 fully saturated rings. The van der Waals surface area contributed by atoms with Crippen LogP contribution in [0.4, 0.5) is 5.69 Å². The molecule has 1 aliphatic heterocycles. The third-order valence-electron chi connectivity index (χ3n) is 3.44. The number of aliphatic hydroxyl groups is 1. The second kappa shape index (κ2) is 5.73. The second-order valence-electron chi connectivity index (χ2n) is 4.87. The molecular weight excluding hydrogens is 274 g/mol. The fourth-order valence-electron chi connectivity index (χ4n) is 2.39. The summed E-state index contributed by atoms with van der Waals surface area (Å²) >= 11 is 5.84. The maximum Gasteiger partial charge on any atom is 0.127 e. The van der Waals surface area contributed by atoms with E-state index in [1.807, 2.05) is 41.3 Å². The Bertz CT molecular complexity index is 568. The van der Waals surface area contributed by atoms with Gasteiger partial charge >= 0.3 is 0 Å². The first-order valence-electron chi connectivity index (χ1n) is 6.70. The van der Waals surface area contributed by atoms with Gasteiger partial charge in [-0.15, -0.1) is 0 Å². The summed E-state index contributed by atoms with van der Waals surface area (Å²) in [6, 6.07) is 15.0. The molecule has 3 rings (SSSR count). The highest BCUT2D eigenvalue weighted by molar-refractivity contribution is 6.30. The summed E-state index contributed by atoms with van der Waals surface area (Å²) in [5.41, 5.74) is 1.03. The van der Waals surface area contributed by atoms with E-state index in [-0.39, 0.29) is 6.23 Å². The van der Waals surface area contributed by atoms with Crippen LogP contribution >= 0.6 is 11.6 Å². The lowest BCUT2D eigenvalue weighted by Gasteiger charge is -2.22. The van der Waals surface area contributed by atoms with Crippen LogP contribution in [0.15, 0.2) is 48.5 Å².